The summed E-state index contributed by atoms with van der Waals surface area (Å²) in [5.74, 6) is -4.87. The van der Waals surface area contributed by atoms with Crippen molar-refractivity contribution < 1.29 is 54.1 Å². The Morgan fingerprint density at radius 1 is 0.750 bits per heavy atom. The number of benzene rings is 2. The molecule has 2 aliphatic rings. The van der Waals surface area contributed by atoms with E-state index < -0.39 is 65.1 Å². The first-order valence-corrected chi connectivity index (χ1v) is 9.37. The number of rotatable bonds is 4. The number of anilines is 1. The molecule has 4 atom stereocenters. The van der Waals surface area contributed by atoms with E-state index in [0.29, 0.717) is 0 Å². The number of fused-ring (bicyclic) bond motifs is 1. The zero-order chi connectivity index (χ0) is 23.2. The fraction of sp³-hybridized carbons (Fsp3) is 0.300. The number of hydrogen-bond acceptors (Lipinski definition) is 12. The SMILES string of the molecule is Nc1c(O)cc(C(=O)OC2COC3C(OC(=O)c4cc(O)c(O)c(O)c4)COC23)cc1O. The van der Waals surface area contributed by atoms with Gasteiger partial charge in [0.05, 0.1) is 24.3 Å². The Kier molecular flexibility index (Phi) is 5.32. The normalized spacial score (nSPS) is 24.1. The van der Waals surface area contributed by atoms with Crippen LogP contribution in [0, 0.1) is 0 Å². The van der Waals surface area contributed by atoms with Crippen LogP contribution in [0.5, 0.6) is 28.7 Å². The zero-order valence-corrected chi connectivity index (χ0v) is 16.3. The first-order valence-electron chi connectivity index (χ1n) is 9.37. The van der Waals surface area contributed by atoms with Gasteiger partial charge in [0.25, 0.3) is 0 Å². The van der Waals surface area contributed by atoms with Crippen molar-refractivity contribution in [2.75, 3.05) is 18.9 Å². The van der Waals surface area contributed by atoms with Crippen molar-refractivity contribution in [1.29, 1.82) is 0 Å². The van der Waals surface area contributed by atoms with E-state index >= 15 is 0 Å². The van der Waals surface area contributed by atoms with Crippen LogP contribution in [-0.4, -0.2) is 75.1 Å². The van der Waals surface area contributed by atoms with E-state index in [9.17, 15) is 35.1 Å². The van der Waals surface area contributed by atoms with E-state index in [-0.39, 0.29) is 30.0 Å². The molecule has 170 valence electrons. The molecule has 12 heteroatoms. The highest BCUT2D eigenvalue weighted by Crippen LogP contribution is 2.37. The van der Waals surface area contributed by atoms with Gasteiger partial charge in [-0.2, -0.15) is 0 Å². The standard InChI is InChI=1S/C20H19NO11/c21-15-9(22)1-7(2-10(15)23)19(27)31-13-5-29-18-14(6-30-17(13)18)32-20(28)8-3-11(24)16(26)12(25)4-8/h1-4,13-14,17-18,22-26H,5-6,21H2. The minimum Gasteiger partial charge on any atom is -0.506 e. The first-order chi connectivity index (χ1) is 15.2. The van der Waals surface area contributed by atoms with Gasteiger partial charge in [0.2, 0.25) is 0 Å². The summed E-state index contributed by atoms with van der Waals surface area (Å²) < 4.78 is 21.8. The molecule has 4 unspecified atom stereocenters. The second kappa shape index (κ2) is 7.98. The molecule has 2 aromatic rings. The summed E-state index contributed by atoms with van der Waals surface area (Å²) in [4.78, 5) is 24.8. The van der Waals surface area contributed by atoms with Crippen molar-refractivity contribution in [2.45, 2.75) is 24.4 Å². The van der Waals surface area contributed by atoms with Gasteiger partial charge >= 0.3 is 11.9 Å². The van der Waals surface area contributed by atoms with Crippen molar-refractivity contribution in [3.05, 3.63) is 35.4 Å². The molecule has 7 N–H and O–H groups in total. The minimum absolute atomic E-state index is 0.0527. The molecule has 0 amide bonds. The molecule has 0 radical (unpaired) electrons. The lowest BCUT2D eigenvalue weighted by Crippen LogP contribution is -2.36. The molecule has 2 heterocycles. The maximum Gasteiger partial charge on any atom is 0.338 e. The number of nitrogen functional groups attached to an aromatic ring is 1. The van der Waals surface area contributed by atoms with Crippen LogP contribution in [0.4, 0.5) is 5.69 Å². The van der Waals surface area contributed by atoms with E-state index in [1.807, 2.05) is 0 Å². The Hall–Kier alpha value is -3.90. The van der Waals surface area contributed by atoms with Gasteiger partial charge in [-0.1, -0.05) is 0 Å². The summed E-state index contributed by atoms with van der Waals surface area (Å²) >= 11 is 0. The number of nitrogens with two attached hydrogens (primary N) is 1. The van der Waals surface area contributed by atoms with Crippen molar-refractivity contribution in [3.63, 3.8) is 0 Å². The second-order valence-corrected chi connectivity index (χ2v) is 7.27. The summed E-state index contributed by atoms with van der Waals surface area (Å²) in [5, 5.41) is 47.8. The molecule has 2 saturated heterocycles. The number of carbonyl (C=O) groups is 2. The molecule has 4 rings (SSSR count). The number of phenols is 5. The number of aromatic hydroxyl groups is 5. The summed E-state index contributed by atoms with van der Waals surface area (Å²) in [6.45, 7) is -0.114. The third-order valence-electron chi connectivity index (χ3n) is 5.16. The Balaban J connectivity index is 1.40. The molecular formula is C20H19NO11. The second-order valence-electron chi connectivity index (χ2n) is 7.27. The topological polar surface area (TPSA) is 198 Å². The minimum atomic E-state index is -0.901. The Bertz CT molecular complexity index is 954. The van der Waals surface area contributed by atoms with Gasteiger partial charge in [-0.25, -0.2) is 9.59 Å². The van der Waals surface area contributed by atoms with Crippen LogP contribution in [0.3, 0.4) is 0 Å². The Labute approximate surface area is 179 Å². The van der Waals surface area contributed by atoms with Crippen molar-refractivity contribution in [2.24, 2.45) is 0 Å². The summed E-state index contributed by atoms with van der Waals surface area (Å²) in [6, 6.07) is 3.96. The number of carbonyl (C=O) groups excluding carboxylic acids is 2. The van der Waals surface area contributed by atoms with Crippen LogP contribution < -0.4 is 5.73 Å². The summed E-state index contributed by atoms with van der Waals surface area (Å²) in [7, 11) is 0. The lowest BCUT2D eigenvalue weighted by atomic mass is 10.1. The summed E-state index contributed by atoms with van der Waals surface area (Å²) in [5.41, 5.74) is 4.82. The zero-order valence-electron chi connectivity index (χ0n) is 16.3. The van der Waals surface area contributed by atoms with Gasteiger partial charge in [-0.3, -0.25) is 0 Å². The molecule has 0 spiro atoms. The summed E-state index contributed by atoms with van der Waals surface area (Å²) in [6.07, 6.45) is -3.20. The van der Waals surface area contributed by atoms with Crippen LogP contribution in [-0.2, 0) is 18.9 Å². The van der Waals surface area contributed by atoms with E-state index in [1.54, 1.807) is 0 Å². The lowest BCUT2D eigenvalue weighted by Gasteiger charge is -2.17. The van der Waals surface area contributed by atoms with Crippen LogP contribution in [0.25, 0.3) is 0 Å². The highest BCUT2D eigenvalue weighted by atomic mass is 16.7. The molecule has 12 nitrogen and oxygen atoms in total. The molecule has 0 aromatic heterocycles. The molecule has 2 aliphatic heterocycles. The maximum atomic E-state index is 12.4. The highest BCUT2D eigenvalue weighted by molar-refractivity contribution is 5.92. The lowest BCUT2D eigenvalue weighted by molar-refractivity contribution is -0.0288. The third-order valence-corrected chi connectivity index (χ3v) is 5.16. The van der Waals surface area contributed by atoms with E-state index in [2.05, 4.69) is 0 Å². The largest absolute Gasteiger partial charge is 0.506 e. The number of ether oxygens (including phenoxy) is 4. The van der Waals surface area contributed by atoms with Gasteiger partial charge in [0, 0.05) is 0 Å². The first kappa shape index (κ1) is 21.3. The maximum absolute atomic E-state index is 12.4. The molecule has 0 saturated carbocycles. The average Bonchev–Trinajstić information content (AvgIpc) is 3.32. The van der Waals surface area contributed by atoms with Crippen molar-refractivity contribution >= 4 is 17.6 Å². The average molecular weight is 449 g/mol. The van der Waals surface area contributed by atoms with Crippen LogP contribution in [0.1, 0.15) is 20.7 Å². The van der Waals surface area contributed by atoms with Crippen molar-refractivity contribution in [1.82, 2.24) is 0 Å². The molecule has 0 bridgehead atoms. The molecule has 0 aliphatic carbocycles. The number of hydrogen-bond donors (Lipinski definition) is 6. The van der Waals surface area contributed by atoms with Gasteiger partial charge < -0.3 is 50.2 Å². The van der Waals surface area contributed by atoms with E-state index in [4.69, 9.17) is 24.7 Å². The predicted octanol–water partition coefficient (Wildman–Crippen LogP) is 0.345. The number of phenolic OH excluding ortho intramolecular Hbond substituents is 5. The fourth-order valence-electron chi connectivity index (χ4n) is 3.51. The molecule has 32 heavy (non-hydrogen) atoms. The molecular weight excluding hydrogens is 430 g/mol. The Morgan fingerprint density at radius 3 is 1.53 bits per heavy atom. The fourth-order valence-corrected chi connectivity index (χ4v) is 3.51. The molecule has 2 aromatic carbocycles. The van der Waals surface area contributed by atoms with Crippen LogP contribution >= 0.6 is 0 Å². The van der Waals surface area contributed by atoms with Crippen molar-refractivity contribution in [3.8, 4) is 28.7 Å². The van der Waals surface area contributed by atoms with Gasteiger partial charge in [-0.15, -0.1) is 0 Å². The smallest absolute Gasteiger partial charge is 0.338 e. The van der Waals surface area contributed by atoms with Gasteiger partial charge in [-0.05, 0) is 24.3 Å². The van der Waals surface area contributed by atoms with E-state index in [0.717, 1.165) is 24.3 Å². The van der Waals surface area contributed by atoms with Crippen LogP contribution in [0.2, 0.25) is 0 Å². The van der Waals surface area contributed by atoms with Crippen LogP contribution in [0.15, 0.2) is 24.3 Å². The monoisotopic (exact) mass is 449 g/mol. The van der Waals surface area contributed by atoms with E-state index in [1.165, 1.54) is 0 Å². The quantitative estimate of drug-likeness (QED) is 0.213. The Morgan fingerprint density at radius 2 is 1.12 bits per heavy atom. The predicted molar refractivity (Wildman–Crippen MR) is 104 cm³/mol. The number of esters is 2. The highest BCUT2D eigenvalue weighted by Gasteiger charge is 2.51. The van der Waals surface area contributed by atoms with Gasteiger partial charge in [0.15, 0.2) is 29.5 Å². The molecule has 2 fully saturated rings. The van der Waals surface area contributed by atoms with Gasteiger partial charge in [0.1, 0.15) is 29.4 Å². The third kappa shape index (κ3) is 3.76.